The third-order valence-electron chi connectivity index (χ3n) is 3.93. The number of aliphatic hydroxyl groups is 1. The zero-order valence-electron chi connectivity index (χ0n) is 13.1. The molecule has 1 aromatic heterocycles. The van der Waals surface area contributed by atoms with E-state index in [1.165, 1.54) is 12.1 Å². The van der Waals surface area contributed by atoms with Gasteiger partial charge in [0.2, 0.25) is 5.91 Å². The van der Waals surface area contributed by atoms with Crippen LogP contribution in [0.5, 0.6) is 0 Å². The highest BCUT2D eigenvalue weighted by Gasteiger charge is 2.11. The van der Waals surface area contributed by atoms with Gasteiger partial charge in [-0.2, -0.15) is 0 Å². The van der Waals surface area contributed by atoms with Crippen LogP contribution in [0.3, 0.4) is 0 Å². The molecule has 0 radical (unpaired) electrons. The minimum Gasteiger partial charge on any atom is -0.391 e. The number of hydrogen-bond acceptors (Lipinski definition) is 2. The Labute approximate surface area is 139 Å². The van der Waals surface area contributed by atoms with E-state index in [2.05, 4.69) is 10.3 Å². The topological polar surface area (TPSA) is 65.1 Å². The molecule has 5 heteroatoms. The number of hydrogen-bond donors (Lipinski definition) is 3. The van der Waals surface area contributed by atoms with Crippen molar-refractivity contribution in [1.82, 2.24) is 10.3 Å². The number of carbonyl (C=O) groups is 1. The molecule has 3 rings (SSSR count). The number of H-pyrrole nitrogens is 1. The van der Waals surface area contributed by atoms with E-state index < -0.39 is 6.10 Å². The molecular weight excluding hydrogens is 307 g/mol. The summed E-state index contributed by atoms with van der Waals surface area (Å²) in [6.07, 6.45) is 1.70. The van der Waals surface area contributed by atoms with Crippen molar-refractivity contribution in [3.05, 3.63) is 71.7 Å². The molecule has 3 aromatic rings. The Kier molecular flexibility index (Phi) is 4.91. The molecule has 0 spiro atoms. The molecule has 0 bridgehead atoms. The number of amides is 1. The molecule has 1 heterocycles. The average molecular weight is 326 g/mol. The Morgan fingerprint density at radius 2 is 2.00 bits per heavy atom. The summed E-state index contributed by atoms with van der Waals surface area (Å²) in [6, 6.07) is 14.1. The van der Waals surface area contributed by atoms with Crippen LogP contribution in [-0.4, -0.2) is 28.6 Å². The Morgan fingerprint density at radius 1 is 1.21 bits per heavy atom. The summed E-state index contributed by atoms with van der Waals surface area (Å²) in [4.78, 5) is 15.1. The van der Waals surface area contributed by atoms with Crippen LogP contribution in [0.25, 0.3) is 10.9 Å². The fraction of sp³-hybridized carbons (Fsp3) is 0.211. The summed E-state index contributed by atoms with van der Waals surface area (Å²) in [5.74, 6) is -0.533. The van der Waals surface area contributed by atoms with Crippen LogP contribution in [0.2, 0.25) is 0 Å². The summed E-state index contributed by atoms with van der Waals surface area (Å²) in [6.45, 7) is 0.185. The second-order valence-electron chi connectivity index (χ2n) is 5.83. The van der Waals surface area contributed by atoms with Crippen LogP contribution in [0, 0.1) is 5.82 Å². The van der Waals surface area contributed by atoms with Crippen molar-refractivity contribution in [2.24, 2.45) is 0 Å². The highest BCUT2D eigenvalue weighted by Crippen LogP contribution is 2.19. The Hall–Kier alpha value is -2.66. The van der Waals surface area contributed by atoms with Crippen molar-refractivity contribution in [2.75, 3.05) is 6.54 Å². The predicted molar refractivity (Wildman–Crippen MR) is 91.1 cm³/mol. The quantitative estimate of drug-likeness (QED) is 0.652. The normalized spacial score (nSPS) is 12.2. The van der Waals surface area contributed by atoms with Gasteiger partial charge in [-0.3, -0.25) is 4.79 Å². The summed E-state index contributed by atoms with van der Waals surface area (Å²) in [5, 5.41) is 13.4. The van der Waals surface area contributed by atoms with E-state index in [-0.39, 0.29) is 24.7 Å². The van der Waals surface area contributed by atoms with Gasteiger partial charge >= 0.3 is 0 Å². The zero-order chi connectivity index (χ0) is 16.9. The average Bonchev–Trinajstić information content (AvgIpc) is 2.96. The second kappa shape index (κ2) is 7.27. The number of fused-ring (bicyclic) bond motifs is 1. The Morgan fingerprint density at radius 3 is 2.79 bits per heavy atom. The molecule has 0 fully saturated rings. The summed E-state index contributed by atoms with van der Waals surface area (Å²) >= 11 is 0. The Balaban J connectivity index is 1.54. The summed E-state index contributed by atoms with van der Waals surface area (Å²) in [7, 11) is 0. The molecule has 0 aliphatic heterocycles. The molecule has 2 aromatic carbocycles. The molecule has 0 aliphatic rings. The first-order valence-electron chi connectivity index (χ1n) is 7.86. The van der Waals surface area contributed by atoms with Crippen LogP contribution in [-0.2, 0) is 17.6 Å². The lowest BCUT2D eigenvalue weighted by atomic mass is 10.1. The van der Waals surface area contributed by atoms with Gasteiger partial charge in [-0.05, 0) is 29.3 Å². The van der Waals surface area contributed by atoms with E-state index in [0.29, 0.717) is 11.8 Å². The predicted octanol–water partition coefficient (Wildman–Crippen LogP) is 2.57. The molecular formula is C19H19FN2O2. The van der Waals surface area contributed by atoms with E-state index in [4.69, 9.17) is 0 Å². The number of aliphatic hydroxyl groups excluding tert-OH is 1. The fourth-order valence-corrected chi connectivity index (χ4v) is 2.72. The van der Waals surface area contributed by atoms with Gasteiger partial charge in [0.25, 0.3) is 0 Å². The van der Waals surface area contributed by atoms with Crippen LogP contribution >= 0.6 is 0 Å². The number of carbonyl (C=O) groups excluding carboxylic acids is 1. The van der Waals surface area contributed by atoms with E-state index in [1.807, 2.05) is 30.3 Å². The number of halogens is 1. The number of benzene rings is 2. The maximum absolute atomic E-state index is 13.3. The maximum Gasteiger partial charge on any atom is 0.224 e. The van der Waals surface area contributed by atoms with Crippen molar-refractivity contribution in [1.29, 1.82) is 0 Å². The van der Waals surface area contributed by atoms with Gasteiger partial charge < -0.3 is 15.4 Å². The minimum absolute atomic E-state index is 0.140. The van der Waals surface area contributed by atoms with Crippen LogP contribution in [0.1, 0.15) is 11.1 Å². The molecule has 0 saturated heterocycles. The third-order valence-corrected chi connectivity index (χ3v) is 3.93. The second-order valence-corrected chi connectivity index (χ2v) is 5.83. The van der Waals surface area contributed by atoms with Crippen LogP contribution in [0.15, 0.2) is 54.7 Å². The van der Waals surface area contributed by atoms with Crippen molar-refractivity contribution in [2.45, 2.75) is 18.9 Å². The van der Waals surface area contributed by atoms with Crippen LogP contribution < -0.4 is 5.32 Å². The van der Waals surface area contributed by atoms with Crippen molar-refractivity contribution in [3.63, 3.8) is 0 Å². The van der Waals surface area contributed by atoms with Gasteiger partial charge in [0.05, 0.1) is 12.5 Å². The number of nitrogens with one attached hydrogen (secondary N) is 2. The lowest BCUT2D eigenvalue weighted by Crippen LogP contribution is -2.34. The van der Waals surface area contributed by atoms with Crippen molar-refractivity contribution >= 4 is 16.8 Å². The number of rotatable bonds is 6. The van der Waals surface area contributed by atoms with Gasteiger partial charge in [-0.15, -0.1) is 0 Å². The van der Waals surface area contributed by atoms with E-state index in [1.54, 1.807) is 12.3 Å². The molecule has 3 N–H and O–H groups in total. The standard InChI is InChI=1S/C19H19FN2O2/c20-15-6-7-18-17(10-15)14(11-21-18)9-19(24)22-12-16(23)8-13-4-2-1-3-5-13/h1-7,10-11,16,21,23H,8-9,12H2,(H,22,24). The smallest absolute Gasteiger partial charge is 0.224 e. The maximum atomic E-state index is 13.3. The molecule has 4 nitrogen and oxygen atoms in total. The van der Waals surface area contributed by atoms with E-state index >= 15 is 0 Å². The first-order chi connectivity index (χ1) is 11.6. The molecule has 1 atom stereocenters. The monoisotopic (exact) mass is 326 g/mol. The van der Waals surface area contributed by atoms with Gasteiger partial charge in [-0.1, -0.05) is 30.3 Å². The number of aromatic amines is 1. The van der Waals surface area contributed by atoms with Crippen molar-refractivity contribution < 1.29 is 14.3 Å². The fourth-order valence-electron chi connectivity index (χ4n) is 2.72. The molecule has 0 saturated carbocycles. The summed E-state index contributed by atoms with van der Waals surface area (Å²) < 4.78 is 13.3. The van der Waals surface area contributed by atoms with E-state index in [0.717, 1.165) is 16.6 Å². The molecule has 124 valence electrons. The molecule has 0 aliphatic carbocycles. The lowest BCUT2D eigenvalue weighted by Gasteiger charge is -2.12. The van der Waals surface area contributed by atoms with Crippen molar-refractivity contribution in [3.8, 4) is 0 Å². The first-order valence-corrected chi connectivity index (χ1v) is 7.86. The SMILES string of the molecule is O=C(Cc1c[nH]c2ccc(F)cc12)NCC(O)Cc1ccccc1. The molecule has 24 heavy (non-hydrogen) atoms. The first kappa shape index (κ1) is 16.2. The van der Waals surface area contributed by atoms with Gasteiger partial charge in [0.15, 0.2) is 0 Å². The summed E-state index contributed by atoms with van der Waals surface area (Å²) in [5.41, 5.74) is 2.55. The Bertz CT molecular complexity index is 830. The van der Waals surface area contributed by atoms with Crippen LogP contribution in [0.4, 0.5) is 4.39 Å². The minimum atomic E-state index is -0.642. The number of aromatic nitrogens is 1. The lowest BCUT2D eigenvalue weighted by molar-refractivity contribution is -0.120. The third kappa shape index (κ3) is 4.00. The largest absolute Gasteiger partial charge is 0.391 e. The molecule has 1 unspecified atom stereocenters. The highest BCUT2D eigenvalue weighted by molar-refractivity contribution is 5.88. The zero-order valence-corrected chi connectivity index (χ0v) is 13.1. The van der Waals surface area contributed by atoms with E-state index in [9.17, 15) is 14.3 Å². The van der Waals surface area contributed by atoms with Gasteiger partial charge in [0, 0.05) is 30.1 Å². The highest BCUT2D eigenvalue weighted by atomic mass is 19.1. The molecule has 1 amide bonds. The van der Waals surface area contributed by atoms with Gasteiger partial charge in [-0.25, -0.2) is 4.39 Å². The van der Waals surface area contributed by atoms with Gasteiger partial charge in [0.1, 0.15) is 5.82 Å².